The van der Waals surface area contributed by atoms with E-state index in [4.69, 9.17) is 0 Å². The molecule has 14 heavy (non-hydrogen) atoms. The van der Waals surface area contributed by atoms with Crippen molar-refractivity contribution < 1.29 is 13.2 Å². The number of halogens is 3. The molecule has 1 aromatic rings. The molecule has 0 fully saturated rings. The average molecular weight is 201 g/mol. The molecule has 0 aromatic heterocycles. The van der Waals surface area contributed by atoms with Crippen molar-refractivity contribution in [1.82, 2.24) is 0 Å². The van der Waals surface area contributed by atoms with E-state index >= 15 is 0 Å². The summed E-state index contributed by atoms with van der Waals surface area (Å²) in [6, 6.07) is 4.86. The smallest absolute Gasteiger partial charge is 0.273 e. The molecule has 0 bridgehead atoms. The monoisotopic (exact) mass is 201 g/mol. The number of fused-ring (bicyclic) bond motifs is 1. The van der Waals surface area contributed by atoms with E-state index in [1.165, 1.54) is 6.07 Å². The summed E-state index contributed by atoms with van der Waals surface area (Å²) >= 11 is 0. The molecule has 1 aliphatic rings. The van der Waals surface area contributed by atoms with E-state index in [0.29, 0.717) is 12.2 Å². The lowest BCUT2D eigenvalue weighted by Crippen LogP contribution is -2.06. The minimum absolute atomic E-state index is 0.0787. The van der Waals surface area contributed by atoms with Crippen LogP contribution in [-0.4, -0.2) is 13.0 Å². The summed E-state index contributed by atoms with van der Waals surface area (Å²) in [6.07, 6.45) is -4.36. The van der Waals surface area contributed by atoms with Crippen LogP contribution in [0.25, 0.3) is 0 Å². The third-order valence-corrected chi connectivity index (χ3v) is 2.40. The Hall–Kier alpha value is -1.19. The van der Waals surface area contributed by atoms with Crippen LogP contribution in [0.15, 0.2) is 18.2 Å². The van der Waals surface area contributed by atoms with Gasteiger partial charge in [-0.15, -0.1) is 0 Å². The molecule has 0 aliphatic carbocycles. The SMILES string of the molecule is FC(F)C(F)c1cccc2c1NCC2. The molecular weight excluding hydrogens is 191 g/mol. The van der Waals surface area contributed by atoms with Gasteiger partial charge < -0.3 is 5.32 Å². The van der Waals surface area contributed by atoms with Crippen LogP contribution in [-0.2, 0) is 6.42 Å². The second-order valence-corrected chi connectivity index (χ2v) is 3.29. The molecule has 1 heterocycles. The van der Waals surface area contributed by atoms with Gasteiger partial charge >= 0.3 is 0 Å². The third-order valence-electron chi connectivity index (χ3n) is 2.40. The van der Waals surface area contributed by atoms with E-state index in [1.807, 2.05) is 6.07 Å². The van der Waals surface area contributed by atoms with Crippen molar-refractivity contribution in [3.8, 4) is 0 Å². The number of alkyl halides is 3. The number of rotatable bonds is 2. The standard InChI is InChI=1S/C10H10F3N/c11-8(10(12)13)7-3-1-2-6-4-5-14-9(6)7/h1-3,8,10,14H,4-5H2. The molecular formula is C10H10F3N. The van der Waals surface area contributed by atoms with Crippen molar-refractivity contribution in [3.05, 3.63) is 29.3 Å². The summed E-state index contributed by atoms with van der Waals surface area (Å²) in [6.45, 7) is 0.697. The molecule has 0 amide bonds. The van der Waals surface area contributed by atoms with Gasteiger partial charge in [-0.3, -0.25) is 0 Å². The van der Waals surface area contributed by atoms with Crippen molar-refractivity contribution in [2.45, 2.75) is 19.0 Å². The topological polar surface area (TPSA) is 12.0 Å². The molecule has 4 heteroatoms. The molecule has 1 nitrogen and oxygen atoms in total. The van der Waals surface area contributed by atoms with E-state index in [1.54, 1.807) is 6.07 Å². The quantitative estimate of drug-likeness (QED) is 0.775. The van der Waals surface area contributed by atoms with E-state index in [-0.39, 0.29) is 5.56 Å². The van der Waals surface area contributed by atoms with E-state index in [0.717, 1.165) is 12.0 Å². The van der Waals surface area contributed by atoms with Gasteiger partial charge in [-0.05, 0) is 12.0 Å². The maximum Gasteiger partial charge on any atom is 0.273 e. The van der Waals surface area contributed by atoms with E-state index in [2.05, 4.69) is 5.32 Å². The van der Waals surface area contributed by atoms with Gasteiger partial charge in [0.2, 0.25) is 0 Å². The number of nitrogens with one attached hydrogen (secondary N) is 1. The second-order valence-electron chi connectivity index (χ2n) is 3.29. The predicted molar refractivity (Wildman–Crippen MR) is 48.5 cm³/mol. The Bertz CT molecular complexity index is 338. The Labute approximate surface area is 79.9 Å². The van der Waals surface area contributed by atoms with Gasteiger partial charge in [0.15, 0.2) is 6.17 Å². The first-order chi connectivity index (χ1) is 6.70. The van der Waals surface area contributed by atoms with Crippen LogP contribution >= 0.6 is 0 Å². The van der Waals surface area contributed by atoms with E-state index < -0.39 is 12.6 Å². The predicted octanol–water partition coefficient (Wildman–Crippen LogP) is 2.93. The Morgan fingerprint density at radius 3 is 2.71 bits per heavy atom. The van der Waals surface area contributed by atoms with Crippen LogP contribution in [0, 0.1) is 0 Å². The molecule has 76 valence electrons. The average Bonchev–Trinajstić information content (AvgIpc) is 2.63. The Morgan fingerprint density at radius 1 is 1.21 bits per heavy atom. The second kappa shape index (κ2) is 3.52. The van der Waals surface area contributed by atoms with Crippen LogP contribution in [0.4, 0.5) is 18.9 Å². The van der Waals surface area contributed by atoms with Gasteiger partial charge in [0.1, 0.15) is 0 Å². The zero-order chi connectivity index (χ0) is 10.1. The van der Waals surface area contributed by atoms with Gasteiger partial charge in [0.05, 0.1) is 0 Å². The van der Waals surface area contributed by atoms with Crippen LogP contribution < -0.4 is 5.32 Å². The molecule has 1 aromatic carbocycles. The number of hydrogen-bond acceptors (Lipinski definition) is 1. The van der Waals surface area contributed by atoms with Crippen molar-refractivity contribution in [1.29, 1.82) is 0 Å². The highest BCUT2D eigenvalue weighted by molar-refractivity contribution is 5.62. The van der Waals surface area contributed by atoms with Gasteiger partial charge in [-0.25, -0.2) is 13.2 Å². The van der Waals surface area contributed by atoms with Gasteiger partial charge in [-0.2, -0.15) is 0 Å². The summed E-state index contributed by atoms with van der Waals surface area (Å²) in [5.74, 6) is 0. The van der Waals surface area contributed by atoms with Crippen molar-refractivity contribution in [3.63, 3.8) is 0 Å². The summed E-state index contributed by atoms with van der Waals surface area (Å²) in [5.41, 5.74) is 1.56. The minimum Gasteiger partial charge on any atom is -0.384 e. The summed E-state index contributed by atoms with van der Waals surface area (Å²) < 4.78 is 37.5. The summed E-state index contributed by atoms with van der Waals surface area (Å²) in [5, 5.41) is 2.93. The zero-order valence-corrected chi connectivity index (χ0v) is 7.43. The lowest BCUT2D eigenvalue weighted by Gasteiger charge is -2.12. The molecule has 1 aliphatic heterocycles. The zero-order valence-electron chi connectivity index (χ0n) is 7.43. The summed E-state index contributed by atoms with van der Waals surface area (Å²) in [4.78, 5) is 0. The third kappa shape index (κ3) is 1.45. The number of anilines is 1. The highest BCUT2D eigenvalue weighted by Gasteiger charge is 2.26. The van der Waals surface area contributed by atoms with Crippen LogP contribution in [0.1, 0.15) is 17.3 Å². The largest absolute Gasteiger partial charge is 0.384 e. The summed E-state index contributed by atoms with van der Waals surface area (Å²) in [7, 11) is 0. The normalized spacial score (nSPS) is 16.6. The first-order valence-electron chi connectivity index (χ1n) is 4.48. The molecule has 0 spiro atoms. The number of para-hydroxylation sites is 1. The lowest BCUT2D eigenvalue weighted by atomic mass is 10.0. The first kappa shape index (κ1) is 9.37. The molecule has 1 atom stereocenters. The maximum absolute atomic E-state index is 13.1. The number of benzene rings is 1. The molecule has 0 saturated carbocycles. The van der Waals surface area contributed by atoms with Gasteiger partial charge in [0.25, 0.3) is 6.43 Å². The molecule has 1 N–H and O–H groups in total. The molecule has 2 rings (SSSR count). The molecule has 1 unspecified atom stereocenters. The van der Waals surface area contributed by atoms with Gasteiger partial charge in [0, 0.05) is 17.8 Å². The van der Waals surface area contributed by atoms with Crippen LogP contribution in [0.2, 0.25) is 0 Å². The van der Waals surface area contributed by atoms with E-state index in [9.17, 15) is 13.2 Å². The van der Waals surface area contributed by atoms with Crippen molar-refractivity contribution >= 4 is 5.69 Å². The fraction of sp³-hybridized carbons (Fsp3) is 0.400. The van der Waals surface area contributed by atoms with Crippen LogP contribution in [0.3, 0.4) is 0 Å². The first-order valence-corrected chi connectivity index (χ1v) is 4.48. The highest BCUT2D eigenvalue weighted by atomic mass is 19.3. The number of hydrogen-bond donors (Lipinski definition) is 1. The Morgan fingerprint density at radius 2 is 2.00 bits per heavy atom. The lowest BCUT2D eigenvalue weighted by molar-refractivity contribution is 0.0499. The Balaban J connectivity index is 2.39. The minimum atomic E-state index is -2.95. The fourth-order valence-corrected chi connectivity index (χ4v) is 1.73. The van der Waals surface area contributed by atoms with Crippen molar-refractivity contribution in [2.75, 3.05) is 11.9 Å². The van der Waals surface area contributed by atoms with Crippen molar-refractivity contribution in [2.24, 2.45) is 0 Å². The Kier molecular flexibility index (Phi) is 2.35. The fourth-order valence-electron chi connectivity index (χ4n) is 1.73. The molecule has 0 saturated heterocycles. The molecule has 0 radical (unpaired) electrons. The highest BCUT2D eigenvalue weighted by Crippen LogP contribution is 2.35. The van der Waals surface area contributed by atoms with Gasteiger partial charge in [-0.1, -0.05) is 18.2 Å². The van der Waals surface area contributed by atoms with Crippen LogP contribution in [0.5, 0.6) is 0 Å². The maximum atomic E-state index is 13.1.